The average molecular weight is 392 g/mol. The SMILES string of the molecule is CCC(CCC(F)F)NC(=O)c1cc2c(c(C3CC3NCC3CC3)c1)OCC2. The second-order valence-corrected chi connectivity index (χ2v) is 8.50. The third-order valence-electron chi connectivity index (χ3n) is 6.19. The van der Waals surface area contributed by atoms with Crippen molar-refractivity contribution in [2.24, 2.45) is 5.92 Å². The van der Waals surface area contributed by atoms with Gasteiger partial charge in [-0.15, -0.1) is 0 Å². The molecule has 0 saturated heterocycles. The summed E-state index contributed by atoms with van der Waals surface area (Å²) in [5, 5.41) is 6.60. The molecule has 1 amide bonds. The van der Waals surface area contributed by atoms with Gasteiger partial charge in [0.2, 0.25) is 6.43 Å². The highest BCUT2D eigenvalue weighted by molar-refractivity contribution is 5.95. The molecule has 0 aromatic heterocycles. The summed E-state index contributed by atoms with van der Waals surface area (Å²) in [4.78, 5) is 12.8. The highest BCUT2D eigenvalue weighted by Crippen LogP contribution is 2.48. The second-order valence-electron chi connectivity index (χ2n) is 8.50. The predicted molar refractivity (Wildman–Crippen MR) is 104 cm³/mol. The lowest BCUT2D eigenvalue weighted by atomic mass is 9.99. The molecule has 2 aliphatic carbocycles. The highest BCUT2D eigenvalue weighted by Gasteiger charge is 2.42. The summed E-state index contributed by atoms with van der Waals surface area (Å²) in [5.41, 5.74) is 2.85. The van der Waals surface area contributed by atoms with E-state index >= 15 is 0 Å². The molecule has 4 nitrogen and oxygen atoms in total. The predicted octanol–water partition coefficient (Wildman–Crippen LogP) is 4.03. The Labute approximate surface area is 165 Å². The zero-order valence-electron chi connectivity index (χ0n) is 16.5. The van der Waals surface area contributed by atoms with E-state index < -0.39 is 6.43 Å². The lowest BCUT2D eigenvalue weighted by Crippen LogP contribution is -2.34. The van der Waals surface area contributed by atoms with Gasteiger partial charge in [-0.05, 0) is 67.8 Å². The molecule has 4 rings (SSSR count). The molecule has 2 saturated carbocycles. The Hall–Kier alpha value is -1.69. The Bertz CT molecular complexity index is 721. The maximum Gasteiger partial charge on any atom is 0.251 e. The van der Waals surface area contributed by atoms with Crippen molar-refractivity contribution in [3.8, 4) is 5.75 Å². The van der Waals surface area contributed by atoms with Gasteiger partial charge < -0.3 is 15.4 Å². The zero-order chi connectivity index (χ0) is 19.7. The molecule has 1 aromatic rings. The third-order valence-corrected chi connectivity index (χ3v) is 6.19. The lowest BCUT2D eigenvalue weighted by Gasteiger charge is -2.18. The first kappa shape index (κ1) is 19.6. The first-order valence-electron chi connectivity index (χ1n) is 10.7. The second kappa shape index (κ2) is 8.36. The summed E-state index contributed by atoms with van der Waals surface area (Å²) >= 11 is 0. The molecule has 154 valence electrons. The molecule has 0 spiro atoms. The summed E-state index contributed by atoms with van der Waals surface area (Å²) in [7, 11) is 0. The van der Waals surface area contributed by atoms with Crippen LogP contribution in [0.2, 0.25) is 0 Å². The van der Waals surface area contributed by atoms with Gasteiger partial charge in [0.1, 0.15) is 5.75 Å². The minimum Gasteiger partial charge on any atom is -0.493 e. The average Bonchev–Trinajstić information content (AvgIpc) is 3.59. The minimum absolute atomic E-state index is 0.166. The number of alkyl halides is 2. The molecule has 3 aliphatic rings. The Morgan fingerprint density at radius 1 is 1.29 bits per heavy atom. The number of rotatable bonds is 10. The molecule has 0 radical (unpaired) electrons. The standard InChI is InChI=1S/C22H30F2N2O2/c1-2-16(5-6-20(23)24)26-22(27)15-9-14-7-8-28-21(14)18(10-15)17-11-19(17)25-12-13-3-4-13/h9-10,13,16-17,19-20,25H,2-8,11-12H2,1H3,(H,26,27). The van der Waals surface area contributed by atoms with E-state index in [4.69, 9.17) is 4.74 Å². The number of carbonyl (C=O) groups excluding carboxylic acids is 1. The fourth-order valence-electron chi connectivity index (χ4n) is 4.12. The van der Waals surface area contributed by atoms with Gasteiger partial charge in [-0.2, -0.15) is 0 Å². The molecule has 2 N–H and O–H groups in total. The monoisotopic (exact) mass is 392 g/mol. The largest absolute Gasteiger partial charge is 0.493 e. The molecular formula is C22H30F2N2O2. The van der Waals surface area contributed by atoms with E-state index in [1.165, 1.54) is 12.8 Å². The smallest absolute Gasteiger partial charge is 0.251 e. The van der Waals surface area contributed by atoms with E-state index in [-0.39, 0.29) is 18.4 Å². The van der Waals surface area contributed by atoms with Gasteiger partial charge in [0.15, 0.2) is 0 Å². The molecular weight excluding hydrogens is 362 g/mol. The number of benzene rings is 1. The van der Waals surface area contributed by atoms with E-state index in [1.54, 1.807) is 0 Å². The summed E-state index contributed by atoms with van der Waals surface area (Å²) < 4.78 is 30.9. The quantitative estimate of drug-likeness (QED) is 0.632. The Kier molecular flexibility index (Phi) is 5.85. The van der Waals surface area contributed by atoms with E-state index in [2.05, 4.69) is 10.6 Å². The first-order chi connectivity index (χ1) is 13.5. The summed E-state index contributed by atoms with van der Waals surface area (Å²) in [6.45, 7) is 3.66. The Morgan fingerprint density at radius 3 is 2.82 bits per heavy atom. The van der Waals surface area contributed by atoms with Crippen molar-refractivity contribution < 1.29 is 18.3 Å². The number of halogens is 2. The van der Waals surface area contributed by atoms with E-state index in [0.29, 0.717) is 37.0 Å². The fourth-order valence-corrected chi connectivity index (χ4v) is 4.12. The molecule has 1 aliphatic heterocycles. The molecule has 1 aromatic carbocycles. The number of amides is 1. The van der Waals surface area contributed by atoms with Crippen LogP contribution in [-0.2, 0) is 6.42 Å². The van der Waals surface area contributed by atoms with Gasteiger partial charge in [0.05, 0.1) is 6.61 Å². The Morgan fingerprint density at radius 2 is 2.11 bits per heavy atom. The number of hydrogen-bond donors (Lipinski definition) is 2. The molecule has 3 unspecified atom stereocenters. The maximum atomic E-state index is 12.8. The van der Waals surface area contributed by atoms with Gasteiger partial charge in [0, 0.05) is 36.4 Å². The van der Waals surface area contributed by atoms with Crippen LogP contribution in [0.4, 0.5) is 8.78 Å². The van der Waals surface area contributed by atoms with Crippen LogP contribution in [0.3, 0.4) is 0 Å². The fraction of sp³-hybridized carbons (Fsp3) is 0.682. The van der Waals surface area contributed by atoms with Gasteiger partial charge in [-0.25, -0.2) is 8.78 Å². The van der Waals surface area contributed by atoms with Crippen LogP contribution in [0.25, 0.3) is 0 Å². The van der Waals surface area contributed by atoms with Crippen molar-refractivity contribution in [2.75, 3.05) is 13.2 Å². The van der Waals surface area contributed by atoms with Crippen LogP contribution in [-0.4, -0.2) is 37.6 Å². The molecule has 1 heterocycles. The molecule has 6 heteroatoms. The molecule has 0 bridgehead atoms. The Balaban J connectivity index is 1.44. The van der Waals surface area contributed by atoms with E-state index in [9.17, 15) is 13.6 Å². The van der Waals surface area contributed by atoms with Crippen LogP contribution in [0.1, 0.15) is 72.9 Å². The van der Waals surface area contributed by atoms with Crippen LogP contribution in [0.5, 0.6) is 5.75 Å². The van der Waals surface area contributed by atoms with Crippen LogP contribution in [0.15, 0.2) is 12.1 Å². The normalized spacial score (nSPS) is 24.0. The van der Waals surface area contributed by atoms with Gasteiger partial charge in [-0.3, -0.25) is 4.79 Å². The maximum absolute atomic E-state index is 12.8. The highest BCUT2D eigenvalue weighted by atomic mass is 19.3. The van der Waals surface area contributed by atoms with Crippen molar-refractivity contribution in [2.45, 2.75) is 76.3 Å². The molecule has 3 atom stereocenters. The van der Waals surface area contributed by atoms with Gasteiger partial charge in [-0.1, -0.05) is 6.92 Å². The lowest BCUT2D eigenvalue weighted by molar-refractivity contribution is 0.0915. The number of nitrogens with one attached hydrogen (secondary N) is 2. The van der Waals surface area contributed by atoms with Crippen molar-refractivity contribution >= 4 is 5.91 Å². The van der Waals surface area contributed by atoms with Crippen molar-refractivity contribution in [1.82, 2.24) is 10.6 Å². The summed E-state index contributed by atoms with van der Waals surface area (Å²) in [6.07, 6.45) is 3.01. The topological polar surface area (TPSA) is 50.4 Å². The number of hydrogen-bond acceptors (Lipinski definition) is 3. The third kappa shape index (κ3) is 4.65. The first-order valence-corrected chi connectivity index (χ1v) is 10.7. The number of ether oxygens (including phenoxy) is 1. The van der Waals surface area contributed by atoms with Gasteiger partial charge >= 0.3 is 0 Å². The van der Waals surface area contributed by atoms with E-state index in [0.717, 1.165) is 42.2 Å². The van der Waals surface area contributed by atoms with E-state index in [1.807, 2.05) is 19.1 Å². The van der Waals surface area contributed by atoms with Gasteiger partial charge in [0.25, 0.3) is 5.91 Å². The zero-order valence-corrected chi connectivity index (χ0v) is 16.5. The summed E-state index contributed by atoms with van der Waals surface area (Å²) in [5.74, 6) is 2.04. The molecule has 28 heavy (non-hydrogen) atoms. The van der Waals surface area contributed by atoms with Crippen molar-refractivity contribution in [3.63, 3.8) is 0 Å². The van der Waals surface area contributed by atoms with Crippen LogP contribution < -0.4 is 15.4 Å². The summed E-state index contributed by atoms with van der Waals surface area (Å²) in [6, 6.07) is 4.13. The molecule has 2 fully saturated rings. The van der Waals surface area contributed by atoms with Crippen molar-refractivity contribution in [3.05, 3.63) is 28.8 Å². The minimum atomic E-state index is -2.33. The van der Waals surface area contributed by atoms with Crippen LogP contribution >= 0.6 is 0 Å². The number of carbonyl (C=O) groups is 1. The van der Waals surface area contributed by atoms with Crippen molar-refractivity contribution in [1.29, 1.82) is 0 Å². The van der Waals surface area contributed by atoms with Crippen LogP contribution in [0, 0.1) is 5.92 Å². The number of fused-ring (bicyclic) bond motifs is 1.